The molecule has 2 aromatic carbocycles. The standard InChI is InChI=1S/C23H20N4O5S/c28-20(25-23-24-18-10-9-14(27(31)32)11-19(18)33-23)15-6-2-1-5-13(15)12-26-21(29)16-7-3-4-8-17(16)22(26)30/h3-4,7-11,13,15H,1-2,5-6,12H2,(H,24,25,28). The smallest absolute Gasteiger partial charge is 0.270 e. The van der Waals surface area contributed by atoms with Gasteiger partial charge in [-0.3, -0.25) is 29.4 Å². The Kier molecular flexibility index (Phi) is 5.37. The van der Waals surface area contributed by atoms with Crippen molar-refractivity contribution in [3.8, 4) is 0 Å². The normalized spacial score (nSPS) is 20.2. The quantitative estimate of drug-likeness (QED) is 0.342. The highest BCUT2D eigenvalue weighted by molar-refractivity contribution is 7.22. The lowest BCUT2D eigenvalue weighted by atomic mass is 9.78. The van der Waals surface area contributed by atoms with Gasteiger partial charge in [-0.25, -0.2) is 4.98 Å². The summed E-state index contributed by atoms with van der Waals surface area (Å²) in [7, 11) is 0. The van der Waals surface area contributed by atoms with Crippen LogP contribution in [0.3, 0.4) is 0 Å². The average molecular weight is 465 g/mol. The number of rotatable bonds is 5. The minimum Gasteiger partial charge on any atom is -0.302 e. The van der Waals surface area contributed by atoms with E-state index in [0.29, 0.717) is 32.9 Å². The van der Waals surface area contributed by atoms with Gasteiger partial charge in [0.2, 0.25) is 5.91 Å². The molecule has 1 aliphatic carbocycles. The topological polar surface area (TPSA) is 123 Å². The van der Waals surface area contributed by atoms with Gasteiger partial charge in [0.15, 0.2) is 5.13 Å². The summed E-state index contributed by atoms with van der Waals surface area (Å²) in [5, 5.41) is 14.2. The zero-order valence-corrected chi connectivity index (χ0v) is 18.3. The van der Waals surface area contributed by atoms with Crippen LogP contribution in [-0.4, -0.2) is 39.1 Å². The molecular formula is C23H20N4O5S. The summed E-state index contributed by atoms with van der Waals surface area (Å²) >= 11 is 1.18. The Morgan fingerprint density at radius 1 is 1.12 bits per heavy atom. The maximum atomic E-state index is 13.1. The molecule has 0 saturated heterocycles. The van der Waals surface area contributed by atoms with Crippen LogP contribution < -0.4 is 5.32 Å². The molecule has 2 aliphatic rings. The van der Waals surface area contributed by atoms with E-state index >= 15 is 0 Å². The molecule has 0 radical (unpaired) electrons. The van der Waals surface area contributed by atoms with Gasteiger partial charge in [-0.05, 0) is 37.0 Å². The maximum absolute atomic E-state index is 13.1. The summed E-state index contributed by atoms with van der Waals surface area (Å²) in [6, 6.07) is 11.1. The number of thiazole rings is 1. The molecule has 9 nitrogen and oxygen atoms in total. The molecule has 10 heteroatoms. The molecule has 33 heavy (non-hydrogen) atoms. The first kappa shape index (κ1) is 21.2. The maximum Gasteiger partial charge on any atom is 0.270 e. The number of nitrogens with zero attached hydrogens (tertiary/aromatic N) is 3. The second-order valence-electron chi connectivity index (χ2n) is 8.33. The number of carbonyl (C=O) groups excluding carboxylic acids is 3. The van der Waals surface area contributed by atoms with Crippen molar-refractivity contribution >= 4 is 50.1 Å². The van der Waals surface area contributed by atoms with Crippen molar-refractivity contribution in [3.63, 3.8) is 0 Å². The Morgan fingerprint density at radius 3 is 2.52 bits per heavy atom. The van der Waals surface area contributed by atoms with Gasteiger partial charge < -0.3 is 5.32 Å². The molecule has 168 valence electrons. The fraction of sp³-hybridized carbons (Fsp3) is 0.304. The Morgan fingerprint density at radius 2 is 1.82 bits per heavy atom. The molecule has 2 heterocycles. The van der Waals surface area contributed by atoms with E-state index in [4.69, 9.17) is 0 Å². The highest BCUT2D eigenvalue weighted by Gasteiger charge is 2.40. The molecule has 0 bridgehead atoms. The number of nitro benzene ring substituents is 1. The van der Waals surface area contributed by atoms with Crippen LogP contribution in [0.25, 0.3) is 10.2 Å². The number of amides is 3. The highest BCUT2D eigenvalue weighted by Crippen LogP contribution is 2.35. The molecule has 1 aliphatic heterocycles. The predicted octanol–water partition coefficient (Wildman–Crippen LogP) is 4.25. The Hall–Kier alpha value is -3.66. The van der Waals surface area contributed by atoms with Crippen LogP contribution in [0.1, 0.15) is 46.4 Å². The molecule has 1 saturated carbocycles. The zero-order valence-electron chi connectivity index (χ0n) is 17.5. The van der Waals surface area contributed by atoms with E-state index in [0.717, 1.165) is 19.3 Å². The van der Waals surface area contributed by atoms with Crippen LogP contribution in [0.5, 0.6) is 0 Å². The average Bonchev–Trinajstić information content (AvgIpc) is 3.32. The van der Waals surface area contributed by atoms with Crippen LogP contribution in [0.15, 0.2) is 42.5 Å². The number of nitro groups is 1. The van der Waals surface area contributed by atoms with Crippen molar-refractivity contribution in [2.75, 3.05) is 11.9 Å². The first-order valence-electron chi connectivity index (χ1n) is 10.7. The number of fused-ring (bicyclic) bond motifs is 2. The van der Waals surface area contributed by atoms with E-state index in [-0.39, 0.29) is 41.8 Å². The van der Waals surface area contributed by atoms with Gasteiger partial charge in [0.05, 0.1) is 26.3 Å². The van der Waals surface area contributed by atoms with E-state index in [1.807, 2.05) is 0 Å². The highest BCUT2D eigenvalue weighted by atomic mass is 32.1. The summed E-state index contributed by atoms with van der Waals surface area (Å²) in [6.45, 7) is 0.205. The van der Waals surface area contributed by atoms with Crippen molar-refractivity contribution in [1.82, 2.24) is 9.88 Å². The lowest BCUT2D eigenvalue weighted by Gasteiger charge is -2.32. The molecule has 3 amide bonds. The van der Waals surface area contributed by atoms with Crippen LogP contribution in [0, 0.1) is 22.0 Å². The van der Waals surface area contributed by atoms with Crippen molar-refractivity contribution in [2.24, 2.45) is 11.8 Å². The molecule has 1 aromatic heterocycles. The largest absolute Gasteiger partial charge is 0.302 e. The number of hydrogen-bond donors (Lipinski definition) is 1. The third-order valence-electron chi connectivity index (χ3n) is 6.35. The number of anilines is 1. The van der Waals surface area contributed by atoms with E-state index < -0.39 is 4.92 Å². The molecule has 0 spiro atoms. The van der Waals surface area contributed by atoms with Gasteiger partial charge in [0.1, 0.15) is 0 Å². The molecule has 2 unspecified atom stereocenters. The zero-order chi connectivity index (χ0) is 23.1. The van der Waals surface area contributed by atoms with Crippen molar-refractivity contribution in [1.29, 1.82) is 0 Å². The summed E-state index contributed by atoms with van der Waals surface area (Å²) in [4.78, 5) is 54.9. The fourth-order valence-corrected chi connectivity index (χ4v) is 5.59. The second kappa shape index (κ2) is 8.36. The molecule has 1 fully saturated rings. The summed E-state index contributed by atoms with van der Waals surface area (Å²) in [5.41, 5.74) is 1.36. The third-order valence-corrected chi connectivity index (χ3v) is 7.29. The number of imide groups is 1. The van der Waals surface area contributed by atoms with Crippen LogP contribution in [0.4, 0.5) is 10.8 Å². The first-order valence-corrected chi connectivity index (χ1v) is 11.5. The first-order chi connectivity index (χ1) is 15.9. The van der Waals surface area contributed by atoms with Gasteiger partial charge in [0.25, 0.3) is 17.5 Å². The number of nitrogens with one attached hydrogen (secondary N) is 1. The van der Waals surface area contributed by atoms with Gasteiger partial charge in [-0.15, -0.1) is 0 Å². The van der Waals surface area contributed by atoms with Crippen LogP contribution >= 0.6 is 11.3 Å². The molecule has 2 atom stereocenters. The van der Waals surface area contributed by atoms with Gasteiger partial charge in [-0.2, -0.15) is 0 Å². The van der Waals surface area contributed by atoms with Crippen LogP contribution in [-0.2, 0) is 4.79 Å². The second-order valence-corrected chi connectivity index (χ2v) is 9.37. The van der Waals surface area contributed by atoms with E-state index in [1.54, 1.807) is 30.3 Å². The molecule has 5 rings (SSSR count). The lowest BCUT2D eigenvalue weighted by molar-refractivity contribution is -0.384. The van der Waals surface area contributed by atoms with E-state index in [2.05, 4.69) is 10.3 Å². The number of benzene rings is 2. The number of aromatic nitrogens is 1. The van der Waals surface area contributed by atoms with Crippen LogP contribution in [0.2, 0.25) is 0 Å². The minimum absolute atomic E-state index is 0.0303. The Labute approximate surface area is 192 Å². The summed E-state index contributed by atoms with van der Waals surface area (Å²) < 4.78 is 0.616. The van der Waals surface area contributed by atoms with Crippen molar-refractivity contribution in [3.05, 3.63) is 63.7 Å². The van der Waals surface area contributed by atoms with Gasteiger partial charge in [0, 0.05) is 24.6 Å². The molecule has 1 N–H and O–H groups in total. The number of hydrogen-bond acceptors (Lipinski definition) is 7. The Balaban J connectivity index is 1.32. The minimum atomic E-state index is -0.469. The Bertz CT molecular complexity index is 1270. The lowest BCUT2D eigenvalue weighted by Crippen LogP contribution is -2.41. The monoisotopic (exact) mass is 464 g/mol. The van der Waals surface area contributed by atoms with Gasteiger partial charge >= 0.3 is 0 Å². The van der Waals surface area contributed by atoms with Crippen molar-refractivity contribution in [2.45, 2.75) is 25.7 Å². The molecule has 3 aromatic rings. The van der Waals surface area contributed by atoms with Crippen molar-refractivity contribution < 1.29 is 19.3 Å². The molecular weight excluding hydrogens is 444 g/mol. The number of non-ortho nitro benzene ring substituents is 1. The summed E-state index contributed by atoms with van der Waals surface area (Å²) in [5.74, 6) is -1.33. The predicted molar refractivity (Wildman–Crippen MR) is 122 cm³/mol. The van der Waals surface area contributed by atoms with Gasteiger partial charge in [-0.1, -0.05) is 36.3 Å². The van der Waals surface area contributed by atoms with E-state index in [9.17, 15) is 24.5 Å². The number of carbonyl (C=O) groups is 3. The third kappa shape index (κ3) is 3.86. The SMILES string of the molecule is O=C(Nc1nc2ccc([N+](=O)[O-])cc2s1)C1CCCCC1CN1C(=O)c2ccccc2C1=O. The summed E-state index contributed by atoms with van der Waals surface area (Å²) in [6.07, 6.45) is 3.23. The fourth-order valence-electron chi connectivity index (χ4n) is 4.69. The van der Waals surface area contributed by atoms with E-state index in [1.165, 1.54) is 28.4 Å².